The highest BCUT2D eigenvalue weighted by Crippen LogP contribution is 2.20. The van der Waals surface area contributed by atoms with Gasteiger partial charge in [-0.1, -0.05) is 17.7 Å². The summed E-state index contributed by atoms with van der Waals surface area (Å²) in [4.78, 5) is 25.7. The van der Waals surface area contributed by atoms with E-state index in [1.165, 1.54) is 51.7 Å². The molecule has 0 saturated carbocycles. The molecule has 0 radical (unpaired) electrons. The number of carbonyl (C=O) groups is 2. The molecular formula is C19H18ClFN2O5S. The van der Waals surface area contributed by atoms with Crippen LogP contribution in [0.1, 0.15) is 10.4 Å². The molecule has 7 nitrogen and oxygen atoms in total. The number of ether oxygens (including phenoxy) is 1. The van der Waals surface area contributed by atoms with Gasteiger partial charge in [-0.05, 0) is 42.5 Å². The van der Waals surface area contributed by atoms with Gasteiger partial charge in [0.05, 0.1) is 10.5 Å². The fourth-order valence-corrected chi connectivity index (χ4v) is 4.40. The average molecular weight is 441 g/mol. The third-order valence-electron chi connectivity index (χ3n) is 4.43. The molecule has 0 aliphatic carbocycles. The van der Waals surface area contributed by atoms with E-state index >= 15 is 0 Å². The van der Waals surface area contributed by atoms with E-state index in [9.17, 15) is 22.4 Å². The normalized spacial score (nSPS) is 15.2. The van der Waals surface area contributed by atoms with Crippen LogP contribution >= 0.6 is 11.6 Å². The summed E-state index contributed by atoms with van der Waals surface area (Å²) in [6.07, 6.45) is 0. The van der Waals surface area contributed by atoms with Crippen molar-refractivity contribution in [1.29, 1.82) is 0 Å². The van der Waals surface area contributed by atoms with Crippen LogP contribution in [0.2, 0.25) is 5.02 Å². The van der Waals surface area contributed by atoms with Crippen LogP contribution < -0.4 is 0 Å². The minimum atomic E-state index is -3.68. The summed E-state index contributed by atoms with van der Waals surface area (Å²) >= 11 is 5.79. The number of hydrogen-bond donors (Lipinski definition) is 0. The monoisotopic (exact) mass is 440 g/mol. The highest BCUT2D eigenvalue weighted by Gasteiger charge is 2.30. The number of carbonyl (C=O) groups excluding carboxylic acids is 2. The van der Waals surface area contributed by atoms with Crippen molar-refractivity contribution in [3.8, 4) is 0 Å². The van der Waals surface area contributed by atoms with Crippen molar-refractivity contribution in [2.45, 2.75) is 4.90 Å². The van der Waals surface area contributed by atoms with Gasteiger partial charge >= 0.3 is 5.97 Å². The zero-order valence-corrected chi connectivity index (χ0v) is 16.8. The van der Waals surface area contributed by atoms with E-state index < -0.39 is 34.3 Å². The van der Waals surface area contributed by atoms with Gasteiger partial charge in [0.15, 0.2) is 6.61 Å². The van der Waals surface area contributed by atoms with Crippen LogP contribution in [-0.2, 0) is 19.6 Å². The molecule has 0 bridgehead atoms. The maximum Gasteiger partial charge on any atom is 0.338 e. The summed E-state index contributed by atoms with van der Waals surface area (Å²) < 4.78 is 44.7. The highest BCUT2D eigenvalue weighted by molar-refractivity contribution is 7.89. The zero-order chi connectivity index (χ0) is 21.0. The Balaban J connectivity index is 1.53. The first-order valence-electron chi connectivity index (χ1n) is 8.73. The molecule has 2 aromatic rings. The summed E-state index contributed by atoms with van der Waals surface area (Å²) in [5, 5.41) is 0.437. The second-order valence-corrected chi connectivity index (χ2v) is 8.70. The van der Waals surface area contributed by atoms with Gasteiger partial charge in [0.1, 0.15) is 5.82 Å². The van der Waals surface area contributed by atoms with E-state index in [0.29, 0.717) is 5.02 Å². The lowest BCUT2D eigenvalue weighted by Crippen LogP contribution is -2.51. The third-order valence-corrected chi connectivity index (χ3v) is 6.59. The summed E-state index contributed by atoms with van der Waals surface area (Å²) in [5.41, 5.74) is 0.0108. The minimum Gasteiger partial charge on any atom is -0.452 e. The summed E-state index contributed by atoms with van der Waals surface area (Å²) in [7, 11) is -3.68. The molecular weight excluding hydrogens is 423 g/mol. The molecule has 0 aromatic heterocycles. The fraction of sp³-hybridized carbons (Fsp3) is 0.263. The van der Waals surface area contributed by atoms with Crippen LogP contribution in [0.5, 0.6) is 0 Å². The predicted octanol–water partition coefficient (Wildman–Crippen LogP) is 2.17. The molecule has 3 rings (SSSR count). The summed E-state index contributed by atoms with van der Waals surface area (Å²) in [6.45, 7) is 0.0781. The smallest absolute Gasteiger partial charge is 0.338 e. The number of hydrogen-bond acceptors (Lipinski definition) is 5. The van der Waals surface area contributed by atoms with Crippen molar-refractivity contribution in [2.24, 2.45) is 0 Å². The van der Waals surface area contributed by atoms with E-state index in [-0.39, 0.29) is 36.6 Å². The summed E-state index contributed by atoms with van der Waals surface area (Å²) in [5.74, 6) is -1.83. The Morgan fingerprint density at radius 2 is 1.69 bits per heavy atom. The lowest BCUT2D eigenvalue weighted by atomic mass is 10.2. The largest absolute Gasteiger partial charge is 0.452 e. The van der Waals surface area contributed by atoms with Crippen LogP contribution in [0.4, 0.5) is 4.39 Å². The maximum atomic E-state index is 13.1. The lowest BCUT2D eigenvalue weighted by molar-refractivity contribution is -0.135. The van der Waals surface area contributed by atoms with Crippen molar-refractivity contribution < 1.29 is 27.1 Å². The molecule has 1 fully saturated rings. The fourth-order valence-electron chi connectivity index (χ4n) is 2.85. The second kappa shape index (κ2) is 8.89. The SMILES string of the molecule is O=C(OCC(=O)N1CCN(S(=O)(=O)c2ccc(Cl)cc2)CC1)c1cccc(F)c1. The molecule has 1 heterocycles. The number of benzene rings is 2. The van der Waals surface area contributed by atoms with E-state index in [0.717, 1.165) is 6.07 Å². The molecule has 1 saturated heterocycles. The Labute approximate surface area is 172 Å². The van der Waals surface area contributed by atoms with Gasteiger partial charge in [0.2, 0.25) is 10.0 Å². The average Bonchev–Trinajstić information content (AvgIpc) is 2.72. The molecule has 2 aromatic carbocycles. The van der Waals surface area contributed by atoms with Gasteiger partial charge in [-0.3, -0.25) is 4.79 Å². The number of piperazine rings is 1. The van der Waals surface area contributed by atoms with E-state index in [1.807, 2.05) is 0 Å². The minimum absolute atomic E-state index is 0.0108. The lowest BCUT2D eigenvalue weighted by Gasteiger charge is -2.33. The van der Waals surface area contributed by atoms with Crippen molar-refractivity contribution in [3.63, 3.8) is 0 Å². The van der Waals surface area contributed by atoms with E-state index in [4.69, 9.17) is 16.3 Å². The second-order valence-electron chi connectivity index (χ2n) is 6.33. The first kappa shape index (κ1) is 21.2. The molecule has 29 heavy (non-hydrogen) atoms. The standard InChI is InChI=1S/C19H18ClFN2O5S/c20-15-4-6-17(7-5-15)29(26,27)23-10-8-22(9-11-23)18(24)13-28-19(25)14-2-1-3-16(21)12-14/h1-7,12H,8-11,13H2. The van der Waals surface area contributed by atoms with Crippen LogP contribution in [0.15, 0.2) is 53.4 Å². The van der Waals surface area contributed by atoms with Gasteiger partial charge < -0.3 is 9.64 Å². The quantitative estimate of drug-likeness (QED) is 0.665. The van der Waals surface area contributed by atoms with Crippen molar-refractivity contribution in [3.05, 3.63) is 64.9 Å². The van der Waals surface area contributed by atoms with E-state index in [2.05, 4.69) is 0 Å². The maximum absolute atomic E-state index is 13.1. The van der Waals surface area contributed by atoms with Gasteiger partial charge in [-0.15, -0.1) is 0 Å². The Morgan fingerprint density at radius 3 is 2.31 bits per heavy atom. The molecule has 0 atom stereocenters. The first-order chi connectivity index (χ1) is 13.8. The number of sulfonamides is 1. The highest BCUT2D eigenvalue weighted by atomic mass is 35.5. The van der Waals surface area contributed by atoms with Gasteiger partial charge in [0, 0.05) is 31.2 Å². The molecule has 0 spiro atoms. The molecule has 0 unspecified atom stereocenters. The van der Waals surface area contributed by atoms with Gasteiger partial charge in [0.25, 0.3) is 5.91 Å². The Morgan fingerprint density at radius 1 is 1.03 bits per heavy atom. The molecule has 1 aliphatic rings. The zero-order valence-electron chi connectivity index (χ0n) is 15.3. The third kappa shape index (κ3) is 5.11. The van der Waals surface area contributed by atoms with Crippen molar-refractivity contribution in [2.75, 3.05) is 32.8 Å². The number of esters is 1. The number of halogens is 2. The van der Waals surface area contributed by atoms with E-state index in [1.54, 1.807) is 0 Å². The topological polar surface area (TPSA) is 84.0 Å². The Bertz CT molecular complexity index is 1010. The molecule has 10 heteroatoms. The van der Waals surface area contributed by atoms with Crippen molar-refractivity contribution >= 4 is 33.5 Å². The Kier molecular flexibility index (Phi) is 6.51. The van der Waals surface area contributed by atoms with Crippen molar-refractivity contribution in [1.82, 2.24) is 9.21 Å². The van der Waals surface area contributed by atoms with Crippen LogP contribution in [0.3, 0.4) is 0 Å². The molecule has 0 N–H and O–H groups in total. The van der Waals surface area contributed by atoms with Crippen LogP contribution in [0, 0.1) is 5.82 Å². The molecule has 1 amide bonds. The number of nitrogens with zero attached hydrogens (tertiary/aromatic N) is 2. The van der Waals surface area contributed by atoms with Crippen LogP contribution in [0.25, 0.3) is 0 Å². The van der Waals surface area contributed by atoms with Crippen LogP contribution in [-0.4, -0.2) is 62.3 Å². The number of rotatable bonds is 5. The van der Waals surface area contributed by atoms with Gasteiger partial charge in [-0.25, -0.2) is 17.6 Å². The predicted molar refractivity (Wildman–Crippen MR) is 103 cm³/mol. The Hall–Kier alpha value is -2.49. The number of amides is 1. The molecule has 1 aliphatic heterocycles. The molecule has 154 valence electrons. The summed E-state index contributed by atoms with van der Waals surface area (Å²) in [6, 6.07) is 10.8. The first-order valence-corrected chi connectivity index (χ1v) is 10.6. The van der Waals surface area contributed by atoms with Gasteiger partial charge in [-0.2, -0.15) is 4.31 Å².